The molecular weight excluding hydrogens is 366 g/mol. The SMILES string of the molecule is CCCCN(C(=S)C1(C)CCc2c(C)c(O)c(C)c(C)c2O1)c1ccccc1. The van der Waals surface area contributed by atoms with Gasteiger partial charge in [-0.3, -0.25) is 0 Å². The van der Waals surface area contributed by atoms with Crippen LogP contribution in [0.5, 0.6) is 11.5 Å². The Morgan fingerprint density at radius 1 is 1.14 bits per heavy atom. The molecule has 3 rings (SSSR count). The van der Waals surface area contributed by atoms with Crippen LogP contribution in [0.4, 0.5) is 5.69 Å². The van der Waals surface area contributed by atoms with E-state index < -0.39 is 5.60 Å². The Morgan fingerprint density at radius 2 is 1.82 bits per heavy atom. The highest BCUT2D eigenvalue weighted by Crippen LogP contribution is 2.44. The number of unbranched alkanes of at least 4 members (excludes halogenated alkanes) is 1. The predicted octanol–water partition coefficient (Wildman–Crippen LogP) is 6.04. The van der Waals surface area contributed by atoms with E-state index in [1.165, 1.54) is 0 Å². The van der Waals surface area contributed by atoms with Gasteiger partial charge in [-0.15, -0.1) is 0 Å². The van der Waals surface area contributed by atoms with E-state index in [1.807, 2.05) is 26.8 Å². The molecule has 0 aromatic heterocycles. The lowest BCUT2D eigenvalue weighted by Crippen LogP contribution is -2.52. The Hall–Kier alpha value is -2.07. The zero-order chi connectivity index (χ0) is 20.5. The summed E-state index contributed by atoms with van der Waals surface area (Å²) in [6, 6.07) is 10.4. The molecule has 0 aliphatic carbocycles. The highest BCUT2D eigenvalue weighted by Gasteiger charge is 2.40. The van der Waals surface area contributed by atoms with E-state index in [4.69, 9.17) is 17.0 Å². The summed E-state index contributed by atoms with van der Waals surface area (Å²) in [5, 5.41) is 10.4. The van der Waals surface area contributed by atoms with Gasteiger partial charge in [0.05, 0.1) is 0 Å². The summed E-state index contributed by atoms with van der Waals surface area (Å²) < 4.78 is 6.62. The largest absolute Gasteiger partial charge is 0.507 e. The summed E-state index contributed by atoms with van der Waals surface area (Å²) in [5.41, 5.74) is 4.50. The zero-order valence-corrected chi connectivity index (χ0v) is 18.4. The van der Waals surface area contributed by atoms with Crippen molar-refractivity contribution < 1.29 is 9.84 Å². The van der Waals surface area contributed by atoms with Crippen molar-refractivity contribution >= 4 is 22.9 Å². The highest BCUT2D eigenvalue weighted by molar-refractivity contribution is 7.80. The first-order chi connectivity index (χ1) is 13.3. The van der Waals surface area contributed by atoms with Crippen molar-refractivity contribution in [1.29, 1.82) is 0 Å². The summed E-state index contributed by atoms with van der Waals surface area (Å²) >= 11 is 6.02. The van der Waals surface area contributed by atoms with Crippen LogP contribution in [-0.4, -0.2) is 22.2 Å². The minimum atomic E-state index is -0.549. The molecule has 0 saturated heterocycles. The number of nitrogens with zero attached hydrogens (tertiary/aromatic N) is 1. The molecule has 2 aromatic carbocycles. The molecule has 1 atom stereocenters. The lowest BCUT2D eigenvalue weighted by Gasteiger charge is -2.42. The van der Waals surface area contributed by atoms with Crippen LogP contribution in [-0.2, 0) is 6.42 Å². The van der Waals surface area contributed by atoms with Gasteiger partial charge in [0, 0.05) is 17.8 Å². The number of hydrogen-bond donors (Lipinski definition) is 1. The molecule has 1 heterocycles. The van der Waals surface area contributed by atoms with Crippen LogP contribution < -0.4 is 9.64 Å². The fourth-order valence-electron chi connectivity index (χ4n) is 3.96. The Kier molecular flexibility index (Phi) is 5.99. The van der Waals surface area contributed by atoms with Crippen LogP contribution in [0.2, 0.25) is 0 Å². The van der Waals surface area contributed by atoms with Crippen molar-refractivity contribution in [2.45, 2.75) is 65.9 Å². The first-order valence-electron chi connectivity index (χ1n) is 10.2. The Labute approximate surface area is 174 Å². The van der Waals surface area contributed by atoms with Gasteiger partial charge in [-0.2, -0.15) is 0 Å². The smallest absolute Gasteiger partial charge is 0.157 e. The molecule has 0 bridgehead atoms. The van der Waals surface area contributed by atoms with Crippen molar-refractivity contribution in [3.05, 3.63) is 52.6 Å². The van der Waals surface area contributed by atoms with Crippen LogP contribution in [0.25, 0.3) is 0 Å². The van der Waals surface area contributed by atoms with Crippen molar-refractivity contribution in [3.8, 4) is 11.5 Å². The van der Waals surface area contributed by atoms with Gasteiger partial charge in [-0.1, -0.05) is 43.8 Å². The predicted molar refractivity (Wildman–Crippen MR) is 121 cm³/mol. The van der Waals surface area contributed by atoms with Gasteiger partial charge in [-0.25, -0.2) is 0 Å². The second-order valence-corrected chi connectivity index (χ2v) is 8.40. The molecule has 1 aliphatic rings. The van der Waals surface area contributed by atoms with Crippen molar-refractivity contribution in [3.63, 3.8) is 0 Å². The highest BCUT2D eigenvalue weighted by atomic mass is 32.1. The monoisotopic (exact) mass is 397 g/mol. The number of rotatable bonds is 5. The molecule has 150 valence electrons. The van der Waals surface area contributed by atoms with Gasteiger partial charge in [0.15, 0.2) is 5.60 Å². The summed E-state index contributed by atoms with van der Waals surface area (Å²) in [5.74, 6) is 1.28. The van der Waals surface area contributed by atoms with E-state index in [9.17, 15) is 5.11 Å². The average molecular weight is 398 g/mol. The molecule has 1 N–H and O–H groups in total. The fraction of sp³-hybridized carbons (Fsp3) is 0.458. The minimum absolute atomic E-state index is 0.389. The fourth-order valence-corrected chi connectivity index (χ4v) is 4.30. The lowest BCUT2D eigenvalue weighted by atomic mass is 9.86. The third-order valence-corrected chi connectivity index (χ3v) is 6.67. The van der Waals surface area contributed by atoms with Crippen LogP contribution in [0.15, 0.2) is 30.3 Å². The number of hydrogen-bond acceptors (Lipinski definition) is 3. The normalized spacial score (nSPS) is 18.3. The molecule has 1 unspecified atom stereocenters. The Balaban J connectivity index is 1.98. The molecular formula is C24H31NO2S. The molecule has 0 amide bonds. The Bertz CT molecular complexity index is 878. The molecule has 4 heteroatoms. The number of ether oxygens (including phenoxy) is 1. The molecule has 0 spiro atoms. The maximum absolute atomic E-state index is 10.4. The summed E-state index contributed by atoms with van der Waals surface area (Å²) in [7, 11) is 0. The number of fused-ring (bicyclic) bond motifs is 1. The van der Waals surface area contributed by atoms with Crippen molar-refractivity contribution in [2.75, 3.05) is 11.4 Å². The van der Waals surface area contributed by atoms with Gasteiger partial charge in [0.2, 0.25) is 0 Å². The maximum atomic E-state index is 10.4. The number of benzene rings is 2. The molecule has 0 saturated carbocycles. The van der Waals surface area contributed by atoms with E-state index in [2.05, 4.69) is 43.0 Å². The van der Waals surface area contributed by atoms with Crippen LogP contribution in [0.1, 0.15) is 55.4 Å². The first-order valence-corrected chi connectivity index (χ1v) is 10.6. The van der Waals surface area contributed by atoms with E-state index >= 15 is 0 Å². The summed E-state index contributed by atoms with van der Waals surface area (Å²) in [6.07, 6.45) is 3.84. The van der Waals surface area contributed by atoms with Crippen LogP contribution in [0.3, 0.4) is 0 Å². The van der Waals surface area contributed by atoms with E-state index in [-0.39, 0.29) is 0 Å². The summed E-state index contributed by atoms with van der Waals surface area (Å²) in [4.78, 5) is 3.07. The lowest BCUT2D eigenvalue weighted by molar-refractivity contribution is 0.133. The van der Waals surface area contributed by atoms with E-state index in [0.717, 1.165) is 70.9 Å². The molecule has 28 heavy (non-hydrogen) atoms. The first kappa shape index (κ1) is 20.7. The zero-order valence-electron chi connectivity index (χ0n) is 17.6. The number of thiocarbonyl (C=S) groups is 1. The molecule has 0 fully saturated rings. The van der Waals surface area contributed by atoms with E-state index in [0.29, 0.717) is 5.75 Å². The van der Waals surface area contributed by atoms with Gasteiger partial charge < -0.3 is 14.7 Å². The molecule has 0 radical (unpaired) electrons. The topological polar surface area (TPSA) is 32.7 Å². The molecule has 1 aliphatic heterocycles. The number of anilines is 1. The second-order valence-electron chi connectivity index (χ2n) is 8.01. The molecule has 3 nitrogen and oxygen atoms in total. The van der Waals surface area contributed by atoms with Gasteiger partial charge in [0.1, 0.15) is 16.5 Å². The maximum Gasteiger partial charge on any atom is 0.157 e. The van der Waals surface area contributed by atoms with Crippen LogP contribution in [0, 0.1) is 20.8 Å². The van der Waals surface area contributed by atoms with Gasteiger partial charge in [-0.05, 0) is 75.8 Å². The van der Waals surface area contributed by atoms with E-state index in [1.54, 1.807) is 0 Å². The number of aromatic hydroxyl groups is 1. The third kappa shape index (κ3) is 3.62. The van der Waals surface area contributed by atoms with Crippen LogP contribution >= 0.6 is 12.2 Å². The van der Waals surface area contributed by atoms with Crippen molar-refractivity contribution in [1.82, 2.24) is 0 Å². The van der Waals surface area contributed by atoms with Crippen molar-refractivity contribution in [2.24, 2.45) is 0 Å². The summed E-state index contributed by atoms with van der Waals surface area (Å²) in [6.45, 7) is 11.1. The molecule has 2 aromatic rings. The quantitative estimate of drug-likeness (QED) is 0.624. The standard InChI is InChI=1S/C24H31NO2S/c1-6-7-15-25(19-11-9-8-10-12-19)23(28)24(5)14-13-20-18(4)21(26)16(2)17(3)22(20)27-24/h8-12,26H,6-7,13-15H2,1-5H3. The third-order valence-electron chi connectivity index (χ3n) is 6.02. The average Bonchev–Trinajstić information content (AvgIpc) is 2.71. The number of para-hydroxylation sites is 1. The minimum Gasteiger partial charge on any atom is -0.507 e. The second kappa shape index (κ2) is 8.12. The number of phenolic OH excluding ortho intramolecular Hbond substituents is 1. The number of phenols is 1. The Morgan fingerprint density at radius 3 is 2.46 bits per heavy atom. The van der Waals surface area contributed by atoms with Gasteiger partial charge >= 0.3 is 0 Å². The van der Waals surface area contributed by atoms with Gasteiger partial charge in [0.25, 0.3) is 0 Å².